The van der Waals surface area contributed by atoms with Crippen LogP contribution in [0.2, 0.25) is 0 Å². The molecule has 5 heteroatoms. The summed E-state index contributed by atoms with van der Waals surface area (Å²) in [4.78, 5) is 5.00. The third-order valence-corrected chi connectivity index (χ3v) is 5.36. The summed E-state index contributed by atoms with van der Waals surface area (Å²) in [6, 6.07) is 28.3. The number of nitrogens with zero attached hydrogens (tertiary/aromatic N) is 2. The zero-order valence-corrected chi connectivity index (χ0v) is 17.4. The molecule has 0 unspecified atom stereocenters. The molecule has 4 aromatic carbocycles. The standard InChI is InChI=1S/C27H20FN3O/c1-32-23-13-6-19(7-14-23)26-16-20(17-29-31-22-11-9-21(28)10-12-22)25-15-8-18-4-2-3-5-24(18)27(25)30-26/h2-17,31H,1H3. The fraction of sp³-hybridized carbons (Fsp3) is 0.0370. The predicted molar refractivity (Wildman–Crippen MR) is 129 cm³/mol. The molecular weight excluding hydrogens is 401 g/mol. The number of hydrogen-bond donors (Lipinski definition) is 1. The van der Waals surface area contributed by atoms with E-state index in [4.69, 9.17) is 9.72 Å². The summed E-state index contributed by atoms with van der Waals surface area (Å²) in [6.07, 6.45) is 1.77. The van der Waals surface area contributed by atoms with Crippen LogP contribution in [-0.2, 0) is 0 Å². The number of rotatable bonds is 5. The Hall–Kier alpha value is -4.25. The molecule has 0 aliphatic carbocycles. The minimum atomic E-state index is -0.282. The van der Waals surface area contributed by atoms with Gasteiger partial charge >= 0.3 is 0 Å². The van der Waals surface area contributed by atoms with Crippen molar-refractivity contribution < 1.29 is 9.13 Å². The fourth-order valence-electron chi connectivity index (χ4n) is 3.70. The number of aromatic nitrogens is 1. The van der Waals surface area contributed by atoms with Gasteiger partial charge in [0.2, 0.25) is 0 Å². The van der Waals surface area contributed by atoms with Gasteiger partial charge in [-0.3, -0.25) is 5.43 Å². The van der Waals surface area contributed by atoms with Crippen molar-refractivity contribution in [2.45, 2.75) is 0 Å². The van der Waals surface area contributed by atoms with Crippen LogP contribution in [0.15, 0.2) is 96.1 Å². The van der Waals surface area contributed by atoms with Gasteiger partial charge in [-0.2, -0.15) is 5.10 Å². The fourth-order valence-corrected chi connectivity index (χ4v) is 3.70. The normalized spacial score (nSPS) is 11.3. The molecule has 0 saturated heterocycles. The van der Waals surface area contributed by atoms with Crippen LogP contribution in [0.25, 0.3) is 32.9 Å². The minimum absolute atomic E-state index is 0.282. The molecule has 4 nitrogen and oxygen atoms in total. The molecule has 0 aliphatic rings. The number of fused-ring (bicyclic) bond motifs is 3. The van der Waals surface area contributed by atoms with Gasteiger partial charge < -0.3 is 4.74 Å². The molecule has 0 spiro atoms. The second-order valence-corrected chi connectivity index (χ2v) is 7.38. The summed E-state index contributed by atoms with van der Waals surface area (Å²) in [5.74, 6) is 0.515. The number of hydrogen-bond acceptors (Lipinski definition) is 4. The van der Waals surface area contributed by atoms with Crippen molar-refractivity contribution in [1.29, 1.82) is 0 Å². The van der Waals surface area contributed by atoms with E-state index < -0.39 is 0 Å². The lowest BCUT2D eigenvalue weighted by Gasteiger charge is -2.10. The lowest BCUT2D eigenvalue weighted by Crippen LogP contribution is -1.95. The zero-order chi connectivity index (χ0) is 21.9. The minimum Gasteiger partial charge on any atom is -0.497 e. The molecule has 5 rings (SSSR count). The Balaban J connectivity index is 1.63. The molecule has 0 bridgehead atoms. The quantitative estimate of drug-likeness (QED) is 0.196. The maximum atomic E-state index is 13.1. The van der Waals surface area contributed by atoms with E-state index in [-0.39, 0.29) is 5.82 Å². The van der Waals surface area contributed by atoms with E-state index >= 15 is 0 Å². The van der Waals surface area contributed by atoms with E-state index in [0.29, 0.717) is 5.69 Å². The molecule has 1 heterocycles. The van der Waals surface area contributed by atoms with Crippen molar-refractivity contribution in [2.75, 3.05) is 12.5 Å². The SMILES string of the molecule is COc1ccc(-c2cc(C=NNc3ccc(F)cc3)c3ccc4ccccc4c3n2)cc1. The Kier molecular flexibility index (Phi) is 5.22. The van der Waals surface area contributed by atoms with E-state index in [2.05, 4.69) is 34.8 Å². The second kappa shape index (κ2) is 8.47. The molecule has 32 heavy (non-hydrogen) atoms. The molecule has 0 saturated carbocycles. The van der Waals surface area contributed by atoms with Crippen LogP contribution in [0.4, 0.5) is 10.1 Å². The van der Waals surface area contributed by atoms with Crippen molar-refractivity contribution in [3.8, 4) is 17.0 Å². The van der Waals surface area contributed by atoms with Gasteiger partial charge in [-0.15, -0.1) is 0 Å². The number of benzene rings is 4. The average Bonchev–Trinajstić information content (AvgIpc) is 2.85. The summed E-state index contributed by atoms with van der Waals surface area (Å²) in [7, 11) is 1.65. The first-order valence-electron chi connectivity index (χ1n) is 10.2. The molecule has 0 atom stereocenters. The van der Waals surface area contributed by atoms with Crippen LogP contribution in [0.5, 0.6) is 5.75 Å². The molecule has 0 amide bonds. The number of ether oxygens (including phenoxy) is 1. The highest BCUT2D eigenvalue weighted by Gasteiger charge is 2.10. The van der Waals surface area contributed by atoms with Gasteiger partial charge in [0.25, 0.3) is 0 Å². The van der Waals surface area contributed by atoms with E-state index in [9.17, 15) is 4.39 Å². The maximum Gasteiger partial charge on any atom is 0.123 e. The number of pyridine rings is 1. The van der Waals surface area contributed by atoms with Crippen LogP contribution in [0, 0.1) is 5.82 Å². The van der Waals surface area contributed by atoms with E-state index in [1.807, 2.05) is 42.5 Å². The van der Waals surface area contributed by atoms with Gasteiger partial charge in [0.15, 0.2) is 0 Å². The zero-order valence-electron chi connectivity index (χ0n) is 17.4. The van der Waals surface area contributed by atoms with Crippen molar-refractivity contribution in [3.05, 3.63) is 102 Å². The molecule has 1 N–H and O–H groups in total. The monoisotopic (exact) mass is 421 g/mol. The summed E-state index contributed by atoms with van der Waals surface area (Å²) in [5.41, 5.74) is 7.36. The highest BCUT2D eigenvalue weighted by atomic mass is 19.1. The Morgan fingerprint density at radius 2 is 1.66 bits per heavy atom. The largest absolute Gasteiger partial charge is 0.497 e. The van der Waals surface area contributed by atoms with E-state index in [1.54, 1.807) is 25.5 Å². The van der Waals surface area contributed by atoms with Gasteiger partial charge in [-0.1, -0.05) is 36.4 Å². The summed E-state index contributed by atoms with van der Waals surface area (Å²) in [6.45, 7) is 0. The highest BCUT2D eigenvalue weighted by molar-refractivity contribution is 6.11. The summed E-state index contributed by atoms with van der Waals surface area (Å²) in [5, 5.41) is 7.61. The number of methoxy groups -OCH3 is 1. The lowest BCUT2D eigenvalue weighted by atomic mass is 10.0. The predicted octanol–water partition coefficient (Wildman–Crippen LogP) is 6.65. The Labute approximate surface area is 185 Å². The van der Waals surface area contributed by atoms with E-state index in [1.165, 1.54) is 12.1 Å². The Bertz CT molecular complexity index is 1430. The maximum absolute atomic E-state index is 13.1. The van der Waals surface area contributed by atoms with Crippen molar-refractivity contribution in [1.82, 2.24) is 4.98 Å². The number of nitrogens with one attached hydrogen (secondary N) is 1. The van der Waals surface area contributed by atoms with Gasteiger partial charge in [-0.05, 0) is 60.0 Å². The first-order valence-corrected chi connectivity index (χ1v) is 10.2. The van der Waals surface area contributed by atoms with Crippen molar-refractivity contribution in [2.24, 2.45) is 5.10 Å². The lowest BCUT2D eigenvalue weighted by molar-refractivity contribution is 0.415. The molecule has 0 fully saturated rings. The summed E-state index contributed by atoms with van der Waals surface area (Å²) >= 11 is 0. The third kappa shape index (κ3) is 3.88. The average molecular weight is 421 g/mol. The first-order chi connectivity index (χ1) is 15.7. The number of halogens is 1. The summed E-state index contributed by atoms with van der Waals surface area (Å²) < 4.78 is 18.4. The second-order valence-electron chi connectivity index (χ2n) is 7.38. The van der Waals surface area contributed by atoms with Crippen LogP contribution < -0.4 is 10.2 Å². The van der Waals surface area contributed by atoms with Crippen LogP contribution >= 0.6 is 0 Å². The first kappa shape index (κ1) is 19.7. The molecule has 0 radical (unpaired) electrons. The van der Waals surface area contributed by atoms with Gasteiger partial charge in [0, 0.05) is 21.9 Å². The van der Waals surface area contributed by atoms with Crippen LogP contribution in [0.1, 0.15) is 5.56 Å². The number of hydrazone groups is 1. The van der Waals surface area contributed by atoms with E-state index in [0.717, 1.165) is 44.2 Å². The molecule has 156 valence electrons. The van der Waals surface area contributed by atoms with Gasteiger partial charge in [-0.25, -0.2) is 9.37 Å². The Morgan fingerprint density at radius 3 is 2.44 bits per heavy atom. The molecule has 5 aromatic rings. The van der Waals surface area contributed by atoms with Crippen molar-refractivity contribution in [3.63, 3.8) is 0 Å². The smallest absolute Gasteiger partial charge is 0.123 e. The van der Waals surface area contributed by atoms with Gasteiger partial charge in [0.1, 0.15) is 11.6 Å². The Morgan fingerprint density at radius 1 is 0.875 bits per heavy atom. The van der Waals surface area contributed by atoms with Crippen LogP contribution in [0.3, 0.4) is 0 Å². The van der Waals surface area contributed by atoms with Crippen LogP contribution in [-0.4, -0.2) is 18.3 Å². The molecular formula is C27H20FN3O. The number of anilines is 1. The third-order valence-electron chi connectivity index (χ3n) is 5.36. The highest BCUT2D eigenvalue weighted by Crippen LogP contribution is 2.30. The molecule has 0 aliphatic heterocycles. The molecule has 1 aromatic heterocycles. The topological polar surface area (TPSA) is 46.5 Å². The van der Waals surface area contributed by atoms with Crippen molar-refractivity contribution >= 4 is 33.6 Å². The van der Waals surface area contributed by atoms with Gasteiger partial charge in [0.05, 0.1) is 30.2 Å².